The Morgan fingerprint density at radius 3 is 2.07 bits per heavy atom. The Labute approximate surface area is 176 Å². The zero-order chi connectivity index (χ0) is 21.0. The van der Waals surface area contributed by atoms with E-state index in [0.717, 1.165) is 27.8 Å². The van der Waals surface area contributed by atoms with Crippen molar-refractivity contribution in [3.8, 4) is 11.1 Å². The van der Waals surface area contributed by atoms with Crippen LogP contribution in [0.4, 0.5) is 0 Å². The number of halogens is 2. The summed E-state index contributed by atoms with van der Waals surface area (Å²) in [6.07, 6.45) is 0. The number of benzene rings is 2. The van der Waals surface area contributed by atoms with Gasteiger partial charge in [0.25, 0.3) is 0 Å². The number of hydrogen-bond donors (Lipinski definition) is 0. The van der Waals surface area contributed by atoms with E-state index in [0.29, 0.717) is 15.6 Å². The van der Waals surface area contributed by atoms with Crippen molar-refractivity contribution in [1.82, 2.24) is 0 Å². The van der Waals surface area contributed by atoms with Gasteiger partial charge in [0, 0.05) is 26.6 Å². The van der Waals surface area contributed by atoms with Crippen LogP contribution in [0.25, 0.3) is 16.7 Å². The van der Waals surface area contributed by atoms with Crippen LogP contribution < -0.4 is 0 Å². The van der Waals surface area contributed by atoms with Gasteiger partial charge in [-0.1, -0.05) is 35.3 Å². The molecule has 2 nitrogen and oxygen atoms in total. The van der Waals surface area contributed by atoms with Gasteiger partial charge >= 0.3 is 0 Å². The van der Waals surface area contributed by atoms with Crippen molar-refractivity contribution >= 4 is 40.3 Å². The summed E-state index contributed by atoms with van der Waals surface area (Å²) in [6, 6.07) is 11.3. The van der Waals surface area contributed by atoms with Crippen LogP contribution in [0.5, 0.6) is 0 Å². The van der Waals surface area contributed by atoms with Gasteiger partial charge in [-0.15, -0.1) is 0 Å². The first-order chi connectivity index (χ1) is 12.9. The number of carbonyl (C=O) groups is 2. The topological polar surface area (TPSA) is 34.1 Å². The quantitative estimate of drug-likeness (QED) is 0.498. The van der Waals surface area contributed by atoms with Gasteiger partial charge in [-0.05, 0) is 88.1 Å². The highest BCUT2D eigenvalue weighted by molar-refractivity contribution is 6.36. The lowest BCUT2D eigenvalue weighted by molar-refractivity contribution is -0.141. The van der Waals surface area contributed by atoms with E-state index in [1.165, 1.54) is 0 Å². The summed E-state index contributed by atoms with van der Waals surface area (Å²) in [4.78, 5) is 26.3. The molecule has 146 valence electrons. The third-order valence-electron chi connectivity index (χ3n) is 5.99. The van der Waals surface area contributed by atoms with Gasteiger partial charge in [0.1, 0.15) is 0 Å². The molecule has 0 radical (unpaired) electrons. The molecule has 0 amide bonds. The van der Waals surface area contributed by atoms with E-state index in [9.17, 15) is 9.59 Å². The molecule has 0 N–H and O–H groups in total. The zero-order valence-corrected chi connectivity index (χ0v) is 18.5. The monoisotopic (exact) mass is 414 g/mol. The molecule has 4 heteroatoms. The highest BCUT2D eigenvalue weighted by atomic mass is 35.5. The van der Waals surface area contributed by atoms with Crippen molar-refractivity contribution in [1.29, 1.82) is 0 Å². The fourth-order valence-corrected chi connectivity index (χ4v) is 4.35. The molecule has 0 saturated carbocycles. The standard InChI is InChI=1S/C24H24Cl2O2/c1-13-7-8-15(18-12-16(25)9-10-19(18)26)11-17(13)20-14(2)23(3,4)22(28)24(5,6)21(20)27/h7-12H,1-6H3. The molecule has 0 fully saturated rings. The summed E-state index contributed by atoms with van der Waals surface area (Å²) in [5.41, 5.74) is 3.18. The average molecular weight is 415 g/mol. The first-order valence-corrected chi connectivity index (χ1v) is 10.0. The van der Waals surface area contributed by atoms with Crippen molar-refractivity contribution in [2.75, 3.05) is 0 Å². The zero-order valence-electron chi connectivity index (χ0n) is 17.0. The molecule has 3 rings (SSSR count). The molecule has 28 heavy (non-hydrogen) atoms. The molecule has 2 aromatic rings. The number of ketones is 2. The number of hydrogen-bond acceptors (Lipinski definition) is 2. The van der Waals surface area contributed by atoms with Crippen molar-refractivity contribution in [2.24, 2.45) is 10.8 Å². The Bertz CT molecular complexity index is 1040. The number of allylic oxidation sites excluding steroid dienone is 2. The lowest BCUT2D eigenvalue weighted by Crippen LogP contribution is -2.47. The Morgan fingerprint density at radius 2 is 1.43 bits per heavy atom. The van der Waals surface area contributed by atoms with Gasteiger partial charge in [-0.3, -0.25) is 9.59 Å². The predicted molar refractivity (Wildman–Crippen MR) is 117 cm³/mol. The molecule has 0 aromatic heterocycles. The van der Waals surface area contributed by atoms with E-state index in [1.807, 2.05) is 52.0 Å². The smallest absolute Gasteiger partial charge is 0.176 e. The van der Waals surface area contributed by atoms with E-state index < -0.39 is 10.8 Å². The van der Waals surface area contributed by atoms with Gasteiger partial charge < -0.3 is 0 Å². The summed E-state index contributed by atoms with van der Waals surface area (Å²) >= 11 is 12.6. The van der Waals surface area contributed by atoms with Crippen molar-refractivity contribution in [3.63, 3.8) is 0 Å². The van der Waals surface area contributed by atoms with Gasteiger partial charge in [0.05, 0.1) is 5.41 Å². The lowest BCUT2D eigenvalue weighted by atomic mass is 9.60. The molecule has 0 saturated heterocycles. The van der Waals surface area contributed by atoms with Crippen molar-refractivity contribution in [2.45, 2.75) is 41.5 Å². The van der Waals surface area contributed by atoms with Crippen LogP contribution in [0.15, 0.2) is 42.0 Å². The molecule has 2 aromatic carbocycles. The van der Waals surface area contributed by atoms with Crippen LogP contribution in [-0.4, -0.2) is 11.6 Å². The highest BCUT2D eigenvalue weighted by Gasteiger charge is 2.51. The van der Waals surface area contributed by atoms with Gasteiger partial charge in [-0.2, -0.15) is 0 Å². The second-order valence-electron chi connectivity index (χ2n) is 8.56. The van der Waals surface area contributed by atoms with Crippen LogP contribution in [0, 0.1) is 17.8 Å². The summed E-state index contributed by atoms with van der Waals surface area (Å²) < 4.78 is 0. The normalized spacial score (nSPS) is 18.6. The van der Waals surface area contributed by atoms with Gasteiger partial charge in [-0.25, -0.2) is 0 Å². The highest BCUT2D eigenvalue weighted by Crippen LogP contribution is 2.48. The average Bonchev–Trinajstić information content (AvgIpc) is 2.63. The van der Waals surface area contributed by atoms with Crippen LogP contribution in [0.2, 0.25) is 10.0 Å². The van der Waals surface area contributed by atoms with Crippen molar-refractivity contribution < 1.29 is 9.59 Å². The predicted octanol–water partition coefficient (Wildman–Crippen LogP) is 6.95. The van der Waals surface area contributed by atoms with Gasteiger partial charge in [0.2, 0.25) is 0 Å². The molecular weight excluding hydrogens is 391 g/mol. The summed E-state index contributed by atoms with van der Waals surface area (Å²) in [7, 11) is 0. The maximum absolute atomic E-state index is 13.4. The fourth-order valence-electron chi connectivity index (χ4n) is 3.95. The van der Waals surface area contributed by atoms with Crippen LogP contribution in [0.1, 0.15) is 45.7 Å². The van der Waals surface area contributed by atoms with Crippen LogP contribution in [0.3, 0.4) is 0 Å². The minimum absolute atomic E-state index is 0.0436. The summed E-state index contributed by atoms with van der Waals surface area (Å²) in [6.45, 7) is 11.1. The van der Waals surface area contributed by atoms with E-state index >= 15 is 0 Å². The fraction of sp³-hybridized carbons (Fsp3) is 0.333. The number of Topliss-reactive ketones (excluding diaryl/α,β-unsaturated/α-hetero) is 2. The van der Waals surface area contributed by atoms with Crippen molar-refractivity contribution in [3.05, 3.63) is 63.1 Å². The second-order valence-corrected chi connectivity index (χ2v) is 9.41. The minimum atomic E-state index is -1.06. The van der Waals surface area contributed by atoms with Crippen LogP contribution >= 0.6 is 23.2 Å². The van der Waals surface area contributed by atoms with E-state index in [1.54, 1.807) is 26.0 Å². The van der Waals surface area contributed by atoms with E-state index in [2.05, 4.69) is 0 Å². The molecule has 0 unspecified atom stereocenters. The number of rotatable bonds is 2. The Morgan fingerprint density at radius 1 is 0.786 bits per heavy atom. The SMILES string of the molecule is CC1=C(c2cc(-c3cc(Cl)ccc3Cl)ccc2C)C(=O)C(C)(C)C(=O)C1(C)C. The third kappa shape index (κ3) is 3.13. The molecule has 0 bridgehead atoms. The third-order valence-corrected chi connectivity index (χ3v) is 6.55. The maximum atomic E-state index is 13.4. The summed E-state index contributed by atoms with van der Waals surface area (Å²) in [5.74, 6) is -0.176. The second kappa shape index (κ2) is 6.86. The Balaban J connectivity index is 2.29. The molecule has 0 atom stereocenters. The molecule has 0 aliphatic heterocycles. The van der Waals surface area contributed by atoms with Gasteiger partial charge in [0.15, 0.2) is 11.6 Å². The van der Waals surface area contributed by atoms with E-state index in [-0.39, 0.29) is 11.6 Å². The molecule has 1 aliphatic rings. The molecule has 0 spiro atoms. The minimum Gasteiger partial charge on any atom is -0.298 e. The molecular formula is C24H24Cl2O2. The Kier molecular flexibility index (Phi) is 5.10. The molecule has 1 aliphatic carbocycles. The number of carbonyl (C=O) groups excluding carboxylic acids is 2. The first kappa shape index (κ1) is 20.8. The first-order valence-electron chi connectivity index (χ1n) is 9.26. The largest absolute Gasteiger partial charge is 0.298 e. The lowest BCUT2D eigenvalue weighted by Gasteiger charge is -2.40. The summed E-state index contributed by atoms with van der Waals surface area (Å²) in [5, 5.41) is 1.19. The number of aryl methyl sites for hydroxylation is 1. The van der Waals surface area contributed by atoms with E-state index in [4.69, 9.17) is 23.2 Å². The van der Waals surface area contributed by atoms with Crippen LogP contribution in [-0.2, 0) is 9.59 Å². The molecule has 0 heterocycles. The Hall–Kier alpha value is -1.90. The maximum Gasteiger partial charge on any atom is 0.176 e.